The SMILES string of the molecule is Cc1nc2c(n1-c1ccc(Cl)c(N)c1)C(=O)N(c1ccc(-c3ccccc3CN(C3CCCC3)C3CCCC3)cc1)CC(=O)N2. The molecule has 1 aromatic heterocycles. The summed E-state index contributed by atoms with van der Waals surface area (Å²) in [4.78, 5) is 36.0. The molecule has 7 rings (SSSR count). The fraction of sp³-hybridized carbons (Fsp3) is 0.361. The lowest BCUT2D eigenvalue weighted by atomic mass is 9.97. The van der Waals surface area contributed by atoms with E-state index in [9.17, 15) is 9.59 Å². The largest absolute Gasteiger partial charge is 0.397 e. The van der Waals surface area contributed by atoms with Crippen molar-refractivity contribution in [1.82, 2.24) is 14.5 Å². The lowest BCUT2D eigenvalue weighted by Gasteiger charge is -2.35. The van der Waals surface area contributed by atoms with Gasteiger partial charge in [-0.05, 0) is 79.6 Å². The Morgan fingerprint density at radius 3 is 2.22 bits per heavy atom. The first-order chi connectivity index (χ1) is 21.9. The zero-order valence-corrected chi connectivity index (χ0v) is 26.4. The molecule has 232 valence electrons. The van der Waals surface area contributed by atoms with Gasteiger partial charge in [0, 0.05) is 30.0 Å². The zero-order valence-electron chi connectivity index (χ0n) is 25.6. The quantitative estimate of drug-likeness (QED) is 0.210. The maximum Gasteiger partial charge on any atom is 0.279 e. The summed E-state index contributed by atoms with van der Waals surface area (Å²) in [5.41, 5.74) is 11.7. The fourth-order valence-corrected chi connectivity index (χ4v) is 7.63. The van der Waals surface area contributed by atoms with E-state index in [0.717, 1.165) is 12.1 Å². The first-order valence-corrected chi connectivity index (χ1v) is 16.5. The summed E-state index contributed by atoms with van der Waals surface area (Å²) in [7, 11) is 0. The van der Waals surface area contributed by atoms with Gasteiger partial charge in [0.25, 0.3) is 5.91 Å². The minimum Gasteiger partial charge on any atom is -0.397 e. The van der Waals surface area contributed by atoms with Crippen molar-refractivity contribution >= 4 is 40.6 Å². The van der Waals surface area contributed by atoms with Gasteiger partial charge in [0.15, 0.2) is 11.5 Å². The van der Waals surface area contributed by atoms with Crippen molar-refractivity contribution in [2.24, 2.45) is 0 Å². The van der Waals surface area contributed by atoms with Crippen LogP contribution in [0.1, 0.15) is 73.2 Å². The number of hydrogen-bond donors (Lipinski definition) is 2. The Labute approximate surface area is 269 Å². The maximum atomic E-state index is 14.1. The van der Waals surface area contributed by atoms with Gasteiger partial charge in [-0.1, -0.05) is 73.7 Å². The number of fused-ring (bicyclic) bond motifs is 1. The summed E-state index contributed by atoms with van der Waals surface area (Å²) in [6, 6.07) is 23.2. The Morgan fingerprint density at radius 2 is 1.56 bits per heavy atom. The van der Waals surface area contributed by atoms with Crippen molar-refractivity contribution in [3.8, 4) is 16.8 Å². The second kappa shape index (κ2) is 12.3. The number of halogens is 1. The molecule has 1 aliphatic heterocycles. The number of nitrogens with one attached hydrogen (secondary N) is 1. The van der Waals surface area contributed by atoms with Crippen LogP contribution in [0.4, 0.5) is 17.2 Å². The highest BCUT2D eigenvalue weighted by Crippen LogP contribution is 2.36. The van der Waals surface area contributed by atoms with E-state index in [0.29, 0.717) is 40.0 Å². The van der Waals surface area contributed by atoms with Crippen LogP contribution in [-0.2, 0) is 11.3 Å². The van der Waals surface area contributed by atoms with Crippen LogP contribution in [-0.4, -0.2) is 44.9 Å². The van der Waals surface area contributed by atoms with Crippen LogP contribution in [0, 0.1) is 6.92 Å². The number of imidazole rings is 1. The van der Waals surface area contributed by atoms with Gasteiger partial charge in [-0.25, -0.2) is 4.98 Å². The zero-order chi connectivity index (χ0) is 31.1. The van der Waals surface area contributed by atoms with Crippen molar-refractivity contribution in [3.05, 3.63) is 88.8 Å². The molecule has 9 heteroatoms. The van der Waals surface area contributed by atoms with Gasteiger partial charge in [-0.15, -0.1) is 0 Å². The van der Waals surface area contributed by atoms with Gasteiger partial charge in [0.1, 0.15) is 12.4 Å². The molecule has 0 unspecified atom stereocenters. The minimum atomic E-state index is -0.325. The minimum absolute atomic E-state index is 0.120. The van der Waals surface area contributed by atoms with Crippen LogP contribution in [0.5, 0.6) is 0 Å². The number of amides is 2. The normalized spacial score (nSPS) is 17.6. The van der Waals surface area contributed by atoms with E-state index in [4.69, 9.17) is 17.3 Å². The van der Waals surface area contributed by atoms with Crippen molar-refractivity contribution in [2.45, 2.75) is 76.9 Å². The highest BCUT2D eigenvalue weighted by atomic mass is 35.5. The summed E-state index contributed by atoms with van der Waals surface area (Å²) in [6.45, 7) is 2.63. The van der Waals surface area contributed by atoms with Crippen molar-refractivity contribution in [2.75, 3.05) is 22.5 Å². The first-order valence-electron chi connectivity index (χ1n) is 16.1. The van der Waals surface area contributed by atoms with Crippen LogP contribution >= 0.6 is 11.6 Å². The number of aromatic nitrogens is 2. The molecular weight excluding hydrogens is 584 g/mol. The Morgan fingerprint density at radius 1 is 0.911 bits per heavy atom. The number of nitrogens with two attached hydrogens (primary N) is 1. The number of nitrogens with zero attached hydrogens (tertiary/aromatic N) is 4. The maximum absolute atomic E-state index is 14.1. The highest BCUT2D eigenvalue weighted by Gasteiger charge is 2.34. The molecule has 0 spiro atoms. The van der Waals surface area contributed by atoms with E-state index in [-0.39, 0.29) is 29.9 Å². The molecule has 0 saturated heterocycles. The molecule has 3 aliphatic rings. The molecule has 4 aromatic rings. The van der Waals surface area contributed by atoms with Crippen LogP contribution in [0.3, 0.4) is 0 Å². The fourth-order valence-electron chi connectivity index (χ4n) is 7.51. The Hall–Kier alpha value is -4.14. The topological polar surface area (TPSA) is 96.5 Å². The van der Waals surface area contributed by atoms with Gasteiger partial charge in [-0.2, -0.15) is 0 Å². The lowest BCUT2D eigenvalue weighted by Crippen LogP contribution is -2.40. The predicted molar refractivity (Wildman–Crippen MR) is 180 cm³/mol. The summed E-state index contributed by atoms with van der Waals surface area (Å²) in [5.74, 6) is 0.150. The average Bonchev–Trinajstić information content (AvgIpc) is 3.82. The van der Waals surface area contributed by atoms with Gasteiger partial charge in [0.2, 0.25) is 5.91 Å². The number of benzene rings is 3. The second-order valence-electron chi connectivity index (χ2n) is 12.6. The Balaban J connectivity index is 1.19. The number of aryl methyl sites for hydroxylation is 1. The third-order valence-corrected chi connectivity index (χ3v) is 10.1. The molecule has 8 nitrogen and oxygen atoms in total. The predicted octanol–water partition coefficient (Wildman–Crippen LogP) is 7.37. The van der Waals surface area contributed by atoms with Gasteiger partial charge >= 0.3 is 0 Å². The average molecular weight is 623 g/mol. The van der Waals surface area contributed by atoms with Gasteiger partial charge in [-0.3, -0.25) is 24.0 Å². The number of hydrogen-bond acceptors (Lipinski definition) is 5. The van der Waals surface area contributed by atoms with E-state index in [2.05, 4.69) is 51.6 Å². The van der Waals surface area contributed by atoms with Crippen molar-refractivity contribution < 1.29 is 9.59 Å². The standard InChI is InChI=1S/C36H39ClN6O2/c1-23-39-35-34(43(23)29-18-19-31(37)32(38)20-29)36(45)42(22-33(44)40-35)28-16-14-24(15-17-28)30-13-7-2-8-25(30)21-41(26-9-3-4-10-26)27-11-5-6-12-27/h2,7-8,13-20,26-27H,3-6,9-12,21-22,38H2,1H3,(H,40,44). The summed E-state index contributed by atoms with van der Waals surface area (Å²) in [6.07, 6.45) is 10.5. The summed E-state index contributed by atoms with van der Waals surface area (Å²) < 4.78 is 1.72. The smallest absolute Gasteiger partial charge is 0.279 e. The number of carbonyl (C=O) groups is 2. The summed E-state index contributed by atoms with van der Waals surface area (Å²) >= 11 is 6.17. The summed E-state index contributed by atoms with van der Waals surface area (Å²) in [5, 5.41) is 3.25. The van der Waals surface area contributed by atoms with E-state index in [1.807, 2.05) is 12.1 Å². The van der Waals surface area contributed by atoms with Gasteiger partial charge in [0.05, 0.1) is 10.7 Å². The number of carbonyl (C=O) groups excluding carboxylic acids is 2. The third kappa shape index (κ3) is 5.73. The molecule has 2 heterocycles. The molecule has 0 atom stereocenters. The van der Waals surface area contributed by atoms with Crippen LogP contribution in [0.25, 0.3) is 16.8 Å². The highest BCUT2D eigenvalue weighted by molar-refractivity contribution is 6.33. The molecule has 45 heavy (non-hydrogen) atoms. The number of anilines is 3. The Bertz CT molecular complexity index is 1720. The van der Waals surface area contributed by atoms with Crippen molar-refractivity contribution in [3.63, 3.8) is 0 Å². The van der Waals surface area contributed by atoms with Gasteiger partial charge < -0.3 is 11.1 Å². The lowest BCUT2D eigenvalue weighted by molar-refractivity contribution is -0.114. The molecule has 3 aromatic carbocycles. The van der Waals surface area contributed by atoms with Crippen LogP contribution in [0.15, 0.2) is 66.7 Å². The monoisotopic (exact) mass is 622 g/mol. The Kier molecular flexibility index (Phi) is 8.10. The van der Waals surface area contributed by atoms with Crippen LogP contribution in [0.2, 0.25) is 5.02 Å². The van der Waals surface area contributed by atoms with E-state index >= 15 is 0 Å². The molecule has 0 bridgehead atoms. The molecule has 2 aliphatic carbocycles. The second-order valence-corrected chi connectivity index (χ2v) is 13.0. The molecule has 2 saturated carbocycles. The number of rotatable bonds is 7. The van der Waals surface area contributed by atoms with E-state index in [1.165, 1.54) is 67.4 Å². The molecule has 3 N–H and O–H groups in total. The molecular formula is C36H39ClN6O2. The molecule has 0 radical (unpaired) electrons. The molecule has 2 fully saturated rings. The first kappa shape index (κ1) is 29.6. The molecule has 2 amide bonds. The van der Waals surface area contributed by atoms with E-state index in [1.54, 1.807) is 29.7 Å². The van der Waals surface area contributed by atoms with Crippen molar-refractivity contribution in [1.29, 1.82) is 0 Å². The third-order valence-electron chi connectivity index (χ3n) is 9.74. The number of nitrogen functional groups attached to an aromatic ring is 1. The van der Waals surface area contributed by atoms with E-state index < -0.39 is 0 Å². The van der Waals surface area contributed by atoms with Crippen LogP contribution < -0.4 is 16.0 Å².